The quantitative estimate of drug-likeness (QED) is 0.710. The SMILES string of the molecule is CC(C)(C)C1CC2CC1CC2CC(O)(C(F)(F)F)C(F)(F)F. The number of hydrogen-bond donors (Lipinski definition) is 1. The summed E-state index contributed by atoms with van der Waals surface area (Å²) in [5.74, 6) is -0.360. The van der Waals surface area contributed by atoms with Crippen molar-refractivity contribution in [1.82, 2.24) is 0 Å². The van der Waals surface area contributed by atoms with Gasteiger partial charge < -0.3 is 5.11 Å². The summed E-state index contributed by atoms with van der Waals surface area (Å²) in [5.41, 5.74) is -4.58. The molecule has 0 aliphatic heterocycles. The van der Waals surface area contributed by atoms with Gasteiger partial charge in [0.2, 0.25) is 0 Å². The summed E-state index contributed by atoms with van der Waals surface area (Å²) in [6, 6.07) is 0. The minimum Gasteiger partial charge on any atom is -0.374 e. The molecule has 0 saturated heterocycles. The van der Waals surface area contributed by atoms with E-state index in [9.17, 15) is 31.4 Å². The molecule has 4 atom stereocenters. The van der Waals surface area contributed by atoms with Gasteiger partial charge in [-0.1, -0.05) is 20.8 Å². The Bertz CT molecular complexity index is 405. The molecule has 7 heteroatoms. The van der Waals surface area contributed by atoms with Gasteiger partial charge in [-0.2, -0.15) is 26.3 Å². The number of aliphatic hydroxyl groups is 1. The van der Waals surface area contributed by atoms with Crippen LogP contribution in [0.1, 0.15) is 46.5 Å². The van der Waals surface area contributed by atoms with Crippen molar-refractivity contribution in [3.63, 3.8) is 0 Å². The molecule has 0 spiro atoms. The fraction of sp³-hybridized carbons (Fsp3) is 1.00. The third-order valence-electron chi connectivity index (χ3n) is 5.61. The van der Waals surface area contributed by atoms with Gasteiger partial charge in [0.25, 0.3) is 5.60 Å². The van der Waals surface area contributed by atoms with Gasteiger partial charge in [0, 0.05) is 0 Å². The van der Waals surface area contributed by atoms with Gasteiger partial charge in [0.1, 0.15) is 0 Å². The molecule has 1 nitrogen and oxygen atoms in total. The van der Waals surface area contributed by atoms with E-state index in [-0.39, 0.29) is 17.3 Å². The topological polar surface area (TPSA) is 20.2 Å². The van der Waals surface area contributed by atoms with Crippen LogP contribution in [0.25, 0.3) is 0 Å². The van der Waals surface area contributed by atoms with Crippen LogP contribution < -0.4 is 0 Å². The lowest BCUT2D eigenvalue weighted by Crippen LogP contribution is -2.58. The molecule has 4 unspecified atom stereocenters. The number of halogens is 6. The number of fused-ring (bicyclic) bond motifs is 2. The van der Waals surface area contributed by atoms with Crippen LogP contribution in [0.15, 0.2) is 0 Å². The fourth-order valence-electron chi connectivity index (χ4n) is 4.48. The van der Waals surface area contributed by atoms with Crippen molar-refractivity contribution >= 4 is 0 Å². The summed E-state index contributed by atoms with van der Waals surface area (Å²) in [5, 5.41) is 9.35. The predicted molar refractivity (Wildman–Crippen MR) is 68.9 cm³/mol. The lowest BCUT2D eigenvalue weighted by Gasteiger charge is -2.40. The van der Waals surface area contributed by atoms with Crippen LogP contribution in [0.2, 0.25) is 0 Å². The molecule has 0 aromatic rings. The summed E-state index contributed by atoms with van der Waals surface area (Å²) in [6.45, 7) is 6.15. The first kappa shape index (κ1) is 17.9. The first-order valence-electron chi connectivity index (χ1n) is 7.52. The van der Waals surface area contributed by atoms with Crippen LogP contribution >= 0.6 is 0 Å². The standard InChI is InChI=1S/C15H22F6O/c1-12(2,3)11-6-8-4-9(11)5-10(8)7-13(22,14(16,17)18)15(19,20)21/h8-11,22H,4-7H2,1-3H3. The molecule has 0 amide bonds. The summed E-state index contributed by atoms with van der Waals surface area (Å²) in [4.78, 5) is 0. The third kappa shape index (κ3) is 2.85. The molecule has 2 rings (SSSR count). The fourth-order valence-corrected chi connectivity index (χ4v) is 4.48. The zero-order valence-corrected chi connectivity index (χ0v) is 12.9. The second kappa shape index (κ2) is 5.02. The highest BCUT2D eigenvalue weighted by Crippen LogP contribution is 2.60. The van der Waals surface area contributed by atoms with Gasteiger partial charge in [-0.05, 0) is 54.8 Å². The Hall–Kier alpha value is -0.460. The zero-order valence-electron chi connectivity index (χ0n) is 12.9. The molecule has 0 radical (unpaired) electrons. The van der Waals surface area contributed by atoms with E-state index in [1.54, 1.807) is 0 Å². The number of alkyl halides is 6. The molecular formula is C15H22F6O. The second-order valence-electron chi connectivity index (χ2n) is 8.02. The Morgan fingerprint density at radius 3 is 1.64 bits per heavy atom. The molecule has 22 heavy (non-hydrogen) atoms. The van der Waals surface area contributed by atoms with Crippen molar-refractivity contribution in [2.75, 3.05) is 0 Å². The Balaban J connectivity index is 2.13. The lowest BCUT2D eigenvalue weighted by molar-refractivity contribution is -0.373. The number of rotatable bonds is 2. The van der Waals surface area contributed by atoms with E-state index in [4.69, 9.17) is 0 Å². The van der Waals surface area contributed by atoms with Gasteiger partial charge in [-0.3, -0.25) is 0 Å². The van der Waals surface area contributed by atoms with Gasteiger partial charge in [-0.25, -0.2) is 0 Å². The highest BCUT2D eigenvalue weighted by molar-refractivity contribution is 5.03. The van der Waals surface area contributed by atoms with Crippen molar-refractivity contribution in [1.29, 1.82) is 0 Å². The summed E-state index contributed by atoms with van der Waals surface area (Å²) in [6.07, 6.45) is -11.0. The second-order valence-corrected chi connectivity index (χ2v) is 8.02. The lowest BCUT2D eigenvalue weighted by atomic mass is 9.68. The van der Waals surface area contributed by atoms with Crippen LogP contribution in [-0.4, -0.2) is 23.1 Å². The van der Waals surface area contributed by atoms with Gasteiger partial charge in [0.05, 0.1) is 0 Å². The number of hydrogen-bond acceptors (Lipinski definition) is 1. The van der Waals surface area contributed by atoms with Crippen LogP contribution in [-0.2, 0) is 0 Å². The first-order valence-corrected chi connectivity index (χ1v) is 7.52. The molecular weight excluding hydrogens is 310 g/mol. The normalized spacial score (nSPS) is 33.5. The summed E-state index contributed by atoms with van der Waals surface area (Å²) < 4.78 is 76.8. The smallest absolute Gasteiger partial charge is 0.374 e. The van der Waals surface area contributed by atoms with Gasteiger partial charge in [0.15, 0.2) is 0 Å². The Morgan fingerprint density at radius 2 is 1.32 bits per heavy atom. The highest BCUT2D eigenvalue weighted by Gasteiger charge is 2.71. The summed E-state index contributed by atoms with van der Waals surface area (Å²) >= 11 is 0. The maximum absolute atomic E-state index is 12.8. The van der Waals surface area contributed by atoms with E-state index in [0.717, 1.165) is 0 Å². The minimum atomic E-state index is -5.70. The average Bonchev–Trinajstić information content (AvgIpc) is 2.83. The van der Waals surface area contributed by atoms with Crippen LogP contribution in [0.5, 0.6) is 0 Å². The molecule has 2 aliphatic rings. The van der Waals surface area contributed by atoms with E-state index in [0.29, 0.717) is 25.2 Å². The Labute approximate surface area is 126 Å². The monoisotopic (exact) mass is 332 g/mol. The van der Waals surface area contributed by atoms with E-state index in [1.165, 1.54) is 0 Å². The van der Waals surface area contributed by atoms with Crippen molar-refractivity contribution in [2.24, 2.45) is 29.1 Å². The predicted octanol–water partition coefficient (Wildman–Crippen LogP) is 4.94. The average molecular weight is 332 g/mol. The maximum atomic E-state index is 12.8. The molecule has 2 fully saturated rings. The van der Waals surface area contributed by atoms with Crippen molar-refractivity contribution in [2.45, 2.75) is 64.4 Å². The third-order valence-corrected chi connectivity index (χ3v) is 5.61. The van der Waals surface area contributed by atoms with Crippen molar-refractivity contribution in [3.8, 4) is 0 Å². The van der Waals surface area contributed by atoms with Crippen molar-refractivity contribution in [3.05, 3.63) is 0 Å². The van der Waals surface area contributed by atoms with E-state index in [2.05, 4.69) is 20.8 Å². The van der Waals surface area contributed by atoms with E-state index < -0.39 is 30.3 Å². The maximum Gasteiger partial charge on any atom is 0.426 e. The summed E-state index contributed by atoms with van der Waals surface area (Å²) in [7, 11) is 0. The van der Waals surface area contributed by atoms with E-state index in [1.807, 2.05) is 0 Å². The largest absolute Gasteiger partial charge is 0.426 e. The molecule has 0 aromatic heterocycles. The van der Waals surface area contributed by atoms with Crippen molar-refractivity contribution < 1.29 is 31.4 Å². The van der Waals surface area contributed by atoms with Crippen LogP contribution in [0.3, 0.4) is 0 Å². The van der Waals surface area contributed by atoms with Crippen LogP contribution in [0.4, 0.5) is 26.3 Å². The zero-order chi connectivity index (χ0) is 17.1. The molecule has 2 aliphatic carbocycles. The molecule has 1 N–H and O–H groups in total. The Morgan fingerprint density at radius 1 is 0.818 bits per heavy atom. The molecule has 2 saturated carbocycles. The molecule has 2 bridgehead atoms. The van der Waals surface area contributed by atoms with Crippen LogP contribution in [0, 0.1) is 29.1 Å². The molecule has 130 valence electrons. The Kier molecular flexibility index (Phi) is 4.08. The first-order chi connectivity index (χ1) is 9.67. The highest BCUT2D eigenvalue weighted by atomic mass is 19.4. The molecule has 0 aromatic carbocycles. The molecule has 0 heterocycles. The van der Waals surface area contributed by atoms with Gasteiger partial charge >= 0.3 is 12.4 Å². The van der Waals surface area contributed by atoms with Gasteiger partial charge in [-0.15, -0.1) is 0 Å². The minimum absolute atomic E-state index is 0.00867. The van der Waals surface area contributed by atoms with E-state index >= 15 is 0 Å².